The van der Waals surface area contributed by atoms with Crippen molar-refractivity contribution in [2.24, 2.45) is 5.92 Å². The molecule has 2 N–H and O–H groups in total. The van der Waals surface area contributed by atoms with Crippen molar-refractivity contribution in [1.29, 1.82) is 0 Å². The number of hydrogen-bond donors (Lipinski definition) is 2. The van der Waals surface area contributed by atoms with Crippen LogP contribution < -0.4 is 10.6 Å². The van der Waals surface area contributed by atoms with Crippen LogP contribution in [-0.4, -0.2) is 38.8 Å². The summed E-state index contributed by atoms with van der Waals surface area (Å²) in [6.45, 7) is 3.01. The van der Waals surface area contributed by atoms with Gasteiger partial charge in [0.15, 0.2) is 5.78 Å². The number of Topliss-reactive ketones (excluding diaryl/α,β-unsaturated/α-hetero) is 1. The van der Waals surface area contributed by atoms with Crippen LogP contribution in [0.3, 0.4) is 0 Å². The van der Waals surface area contributed by atoms with Crippen molar-refractivity contribution in [2.45, 2.75) is 76.3 Å². The number of carbonyl (C=O) groups excluding carboxylic acids is 2. The number of hydrogen-bond acceptors (Lipinski definition) is 5. The molecule has 0 aromatic carbocycles. The van der Waals surface area contributed by atoms with Gasteiger partial charge in [0.25, 0.3) is 0 Å². The molecule has 2 fully saturated rings. The third kappa shape index (κ3) is 3.16. The predicted molar refractivity (Wildman–Crippen MR) is 111 cm³/mol. The largest absolute Gasteiger partial charge is 0.316 e. The van der Waals surface area contributed by atoms with Crippen LogP contribution >= 0.6 is 0 Å². The number of carbonyl (C=O) groups is 2. The second-order valence-electron chi connectivity index (χ2n) is 9.03. The average molecular weight is 396 g/mol. The summed E-state index contributed by atoms with van der Waals surface area (Å²) < 4.78 is 2.19. The standard InChI is InChI=1S/C22H29N5O2/c1-14-16(6-5-11-23-14)20(29)26-21-24-13-15-12-17-18(28)7-10-22(8-3-2-4-9-22)27(17)19(15)25-21/h12-14,16,23H,2-11H2,1H3,(H,24,25,26,29). The van der Waals surface area contributed by atoms with Crippen LogP contribution in [0.15, 0.2) is 12.3 Å². The van der Waals surface area contributed by atoms with Gasteiger partial charge in [-0.2, -0.15) is 4.98 Å². The van der Waals surface area contributed by atoms with Crippen molar-refractivity contribution in [1.82, 2.24) is 19.9 Å². The van der Waals surface area contributed by atoms with Gasteiger partial charge in [-0.1, -0.05) is 19.3 Å². The van der Waals surface area contributed by atoms with Crippen LogP contribution in [-0.2, 0) is 10.3 Å². The lowest BCUT2D eigenvalue weighted by molar-refractivity contribution is -0.121. The molecule has 4 heterocycles. The van der Waals surface area contributed by atoms with Gasteiger partial charge in [-0.05, 0) is 51.6 Å². The summed E-state index contributed by atoms with van der Waals surface area (Å²) in [6, 6.07) is 2.09. The summed E-state index contributed by atoms with van der Waals surface area (Å²) in [5.41, 5.74) is 1.53. The number of rotatable bonds is 2. The van der Waals surface area contributed by atoms with Crippen LogP contribution in [0.25, 0.3) is 11.0 Å². The van der Waals surface area contributed by atoms with Crippen molar-refractivity contribution in [2.75, 3.05) is 11.9 Å². The highest BCUT2D eigenvalue weighted by atomic mass is 16.2. The number of nitrogens with zero attached hydrogens (tertiary/aromatic N) is 3. The minimum Gasteiger partial charge on any atom is -0.316 e. The van der Waals surface area contributed by atoms with E-state index in [1.807, 2.05) is 6.07 Å². The van der Waals surface area contributed by atoms with Gasteiger partial charge in [0.1, 0.15) is 5.65 Å². The smallest absolute Gasteiger partial charge is 0.231 e. The lowest BCUT2D eigenvalue weighted by Gasteiger charge is -2.42. The Balaban J connectivity index is 1.51. The number of piperidine rings is 1. The summed E-state index contributed by atoms with van der Waals surface area (Å²) in [6.07, 6.45) is 10.9. The normalized spacial score (nSPS) is 26.4. The number of fused-ring (bicyclic) bond motifs is 4. The second-order valence-corrected chi connectivity index (χ2v) is 9.03. The molecule has 1 amide bonds. The summed E-state index contributed by atoms with van der Waals surface area (Å²) in [5.74, 6) is 0.422. The van der Waals surface area contributed by atoms with Gasteiger partial charge >= 0.3 is 0 Å². The fourth-order valence-electron chi connectivity index (χ4n) is 5.61. The van der Waals surface area contributed by atoms with E-state index in [1.54, 1.807) is 6.20 Å². The Labute approximate surface area is 170 Å². The minimum absolute atomic E-state index is 0.0132. The first-order chi connectivity index (χ1) is 14.1. The number of aromatic nitrogens is 3. The highest BCUT2D eigenvalue weighted by Crippen LogP contribution is 2.45. The van der Waals surface area contributed by atoms with Crippen molar-refractivity contribution >= 4 is 28.7 Å². The van der Waals surface area contributed by atoms with Gasteiger partial charge in [0.05, 0.1) is 11.6 Å². The summed E-state index contributed by atoms with van der Waals surface area (Å²) in [5, 5.41) is 7.18. The summed E-state index contributed by atoms with van der Waals surface area (Å²) in [4.78, 5) is 34.6. The maximum Gasteiger partial charge on any atom is 0.231 e. The molecule has 0 radical (unpaired) electrons. The molecular weight excluding hydrogens is 366 g/mol. The molecule has 1 aliphatic carbocycles. The second kappa shape index (κ2) is 7.20. The lowest BCUT2D eigenvalue weighted by Crippen LogP contribution is -2.44. The maximum absolute atomic E-state index is 12.8. The number of ketones is 1. The van der Waals surface area contributed by atoms with E-state index in [4.69, 9.17) is 4.98 Å². The summed E-state index contributed by atoms with van der Waals surface area (Å²) in [7, 11) is 0. The van der Waals surface area contributed by atoms with Gasteiger partial charge in [-0.25, -0.2) is 4.98 Å². The molecule has 7 heteroatoms. The Morgan fingerprint density at radius 1 is 1.24 bits per heavy atom. The van der Waals surface area contributed by atoms with E-state index in [2.05, 4.69) is 27.1 Å². The zero-order chi connectivity index (χ0) is 20.0. The van der Waals surface area contributed by atoms with Crippen molar-refractivity contribution < 1.29 is 9.59 Å². The van der Waals surface area contributed by atoms with Crippen LogP contribution in [0.4, 0.5) is 5.95 Å². The van der Waals surface area contributed by atoms with E-state index >= 15 is 0 Å². The zero-order valence-corrected chi connectivity index (χ0v) is 17.0. The molecule has 29 heavy (non-hydrogen) atoms. The molecule has 3 aliphatic rings. The van der Waals surface area contributed by atoms with E-state index in [0.717, 1.165) is 55.4 Å². The monoisotopic (exact) mass is 395 g/mol. The first kappa shape index (κ1) is 18.7. The Kier molecular flexibility index (Phi) is 4.65. The van der Waals surface area contributed by atoms with E-state index in [0.29, 0.717) is 12.4 Å². The van der Waals surface area contributed by atoms with Gasteiger partial charge in [0.2, 0.25) is 11.9 Å². The molecule has 7 nitrogen and oxygen atoms in total. The van der Waals surface area contributed by atoms with E-state index in [9.17, 15) is 9.59 Å². The molecule has 154 valence electrons. The van der Waals surface area contributed by atoms with Crippen LogP contribution in [0.5, 0.6) is 0 Å². The third-order valence-electron chi connectivity index (χ3n) is 7.24. The number of nitrogens with one attached hydrogen (secondary N) is 2. The Morgan fingerprint density at radius 3 is 2.86 bits per heavy atom. The average Bonchev–Trinajstić information content (AvgIpc) is 3.13. The van der Waals surface area contributed by atoms with Crippen LogP contribution in [0.1, 0.15) is 75.2 Å². The first-order valence-electron chi connectivity index (χ1n) is 11.0. The highest BCUT2D eigenvalue weighted by molar-refractivity contribution is 6.00. The molecule has 2 aromatic rings. The SMILES string of the molecule is CC1NCCCC1C(=O)Nc1ncc2cc3n(c2n1)C1(CCCCC1)CCC3=O. The fraction of sp³-hybridized carbons (Fsp3) is 0.636. The molecule has 1 saturated carbocycles. The maximum atomic E-state index is 12.8. The predicted octanol–water partition coefficient (Wildman–Crippen LogP) is 3.39. The van der Waals surface area contributed by atoms with Gasteiger partial charge in [-0.15, -0.1) is 0 Å². The van der Waals surface area contributed by atoms with E-state index in [-0.39, 0.29) is 29.2 Å². The quantitative estimate of drug-likeness (QED) is 0.814. The van der Waals surface area contributed by atoms with Gasteiger partial charge in [-0.3, -0.25) is 14.9 Å². The molecule has 5 rings (SSSR count). The number of amides is 1. The lowest BCUT2D eigenvalue weighted by atomic mass is 9.75. The summed E-state index contributed by atoms with van der Waals surface area (Å²) >= 11 is 0. The van der Waals surface area contributed by atoms with Crippen LogP contribution in [0, 0.1) is 5.92 Å². The number of anilines is 1. The Morgan fingerprint density at radius 2 is 2.07 bits per heavy atom. The molecule has 0 bridgehead atoms. The third-order valence-corrected chi connectivity index (χ3v) is 7.24. The molecule has 2 unspecified atom stereocenters. The molecule has 1 spiro atoms. The Bertz CT molecular complexity index is 960. The van der Waals surface area contributed by atoms with Crippen LogP contribution in [0.2, 0.25) is 0 Å². The zero-order valence-electron chi connectivity index (χ0n) is 17.0. The van der Waals surface area contributed by atoms with Crippen molar-refractivity contribution in [3.05, 3.63) is 18.0 Å². The first-order valence-corrected chi connectivity index (χ1v) is 11.0. The van der Waals surface area contributed by atoms with Gasteiger partial charge < -0.3 is 9.88 Å². The molecule has 2 atom stereocenters. The molecule has 2 aliphatic heterocycles. The molecular formula is C22H29N5O2. The Hall–Kier alpha value is -2.28. The fourth-order valence-corrected chi connectivity index (χ4v) is 5.61. The topological polar surface area (TPSA) is 88.9 Å². The van der Waals surface area contributed by atoms with E-state index in [1.165, 1.54) is 19.3 Å². The van der Waals surface area contributed by atoms with Gasteiger partial charge in [0, 0.05) is 29.6 Å². The highest BCUT2D eigenvalue weighted by Gasteiger charge is 2.41. The molecule has 1 saturated heterocycles. The van der Waals surface area contributed by atoms with Crippen molar-refractivity contribution in [3.8, 4) is 0 Å². The molecule has 2 aromatic heterocycles. The van der Waals surface area contributed by atoms with Crippen molar-refractivity contribution in [3.63, 3.8) is 0 Å². The van der Waals surface area contributed by atoms with E-state index < -0.39 is 0 Å². The minimum atomic E-state index is -0.0736.